The van der Waals surface area contributed by atoms with Gasteiger partial charge in [0.15, 0.2) is 5.15 Å². The van der Waals surface area contributed by atoms with Crippen LogP contribution >= 0.6 is 11.6 Å². The van der Waals surface area contributed by atoms with Gasteiger partial charge < -0.3 is 0 Å². The highest BCUT2D eigenvalue weighted by Crippen LogP contribution is 2.26. The van der Waals surface area contributed by atoms with E-state index in [0.29, 0.717) is 17.1 Å². The van der Waals surface area contributed by atoms with Gasteiger partial charge in [0.05, 0.1) is 10.4 Å². The number of nitro groups is 1. The average molecular weight is 226 g/mol. The summed E-state index contributed by atoms with van der Waals surface area (Å²) in [5, 5.41) is 15.6. The Bertz CT molecular complexity index is 535. The molecule has 2 rings (SSSR count). The fourth-order valence-electron chi connectivity index (χ4n) is 1.48. The van der Waals surface area contributed by atoms with Crippen LogP contribution in [0.3, 0.4) is 0 Å². The SMILES string of the molecule is CCn1nc(Cl)c2cc([N+](=O)[O-])ccc21. The van der Waals surface area contributed by atoms with E-state index in [1.54, 1.807) is 10.7 Å². The Labute approximate surface area is 90.4 Å². The molecular weight excluding hydrogens is 218 g/mol. The van der Waals surface area contributed by atoms with Crippen LogP contribution in [-0.2, 0) is 6.54 Å². The standard InChI is InChI=1S/C9H8ClN3O2/c1-2-12-8-4-3-6(13(14)15)5-7(8)9(10)11-12/h3-5H,2H2,1H3. The van der Waals surface area contributed by atoms with Crippen LogP contribution in [0.25, 0.3) is 10.9 Å². The van der Waals surface area contributed by atoms with E-state index in [9.17, 15) is 10.1 Å². The summed E-state index contributed by atoms with van der Waals surface area (Å²) in [6, 6.07) is 4.55. The first-order chi connectivity index (χ1) is 7.13. The number of halogens is 1. The van der Waals surface area contributed by atoms with Crippen LogP contribution in [0.15, 0.2) is 18.2 Å². The normalized spacial score (nSPS) is 10.8. The summed E-state index contributed by atoms with van der Waals surface area (Å²) in [6.07, 6.45) is 0. The number of hydrogen-bond acceptors (Lipinski definition) is 3. The molecule has 0 aliphatic heterocycles. The minimum atomic E-state index is -0.445. The van der Waals surface area contributed by atoms with Crippen molar-refractivity contribution < 1.29 is 4.92 Å². The monoisotopic (exact) mass is 225 g/mol. The van der Waals surface area contributed by atoms with Gasteiger partial charge in [-0.3, -0.25) is 14.8 Å². The van der Waals surface area contributed by atoms with Crippen molar-refractivity contribution in [2.45, 2.75) is 13.5 Å². The van der Waals surface area contributed by atoms with Crippen molar-refractivity contribution >= 4 is 28.2 Å². The van der Waals surface area contributed by atoms with Gasteiger partial charge in [0.2, 0.25) is 0 Å². The molecule has 0 aliphatic carbocycles. The number of aryl methyl sites for hydroxylation is 1. The molecule has 0 unspecified atom stereocenters. The summed E-state index contributed by atoms with van der Waals surface area (Å²) in [5.41, 5.74) is 0.841. The number of rotatable bonds is 2. The number of benzene rings is 1. The molecular formula is C9H8ClN3O2. The molecule has 0 radical (unpaired) electrons. The summed E-state index contributed by atoms with van der Waals surface area (Å²) < 4.78 is 1.71. The largest absolute Gasteiger partial charge is 0.270 e. The van der Waals surface area contributed by atoms with E-state index in [-0.39, 0.29) is 5.69 Å². The van der Waals surface area contributed by atoms with Gasteiger partial charge in [0.25, 0.3) is 5.69 Å². The topological polar surface area (TPSA) is 61.0 Å². The van der Waals surface area contributed by atoms with Crippen molar-refractivity contribution in [2.75, 3.05) is 0 Å². The third-order valence-corrected chi connectivity index (χ3v) is 2.48. The second-order valence-corrected chi connectivity index (χ2v) is 3.42. The molecule has 0 bridgehead atoms. The molecule has 1 aromatic carbocycles. The maximum Gasteiger partial charge on any atom is 0.270 e. The lowest BCUT2D eigenvalue weighted by Gasteiger charge is -1.96. The Morgan fingerprint density at radius 1 is 1.60 bits per heavy atom. The number of nitro benzene ring substituents is 1. The molecule has 0 fully saturated rings. The predicted octanol–water partition coefficient (Wildman–Crippen LogP) is 2.62. The van der Waals surface area contributed by atoms with Crippen LogP contribution in [0, 0.1) is 10.1 Å². The molecule has 0 amide bonds. The Balaban J connectivity index is 2.72. The van der Waals surface area contributed by atoms with Gasteiger partial charge >= 0.3 is 0 Å². The van der Waals surface area contributed by atoms with Crippen molar-refractivity contribution in [3.8, 4) is 0 Å². The lowest BCUT2D eigenvalue weighted by atomic mass is 10.2. The van der Waals surface area contributed by atoms with Gasteiger partial charge in [0.1, 0.15) is 0 Å². The van der Waals surface area contributed by atoms with Gasteiger partial charge in [-0.15, -0.1) is 0 Å². The number of fused-ring (bicyclic) bond motifs is 1. The minimum Gasteiger partial charge on any atom is -0.264 e. The van der Waals surface area contributed by atoms with Crippen LogP contribution in [0.2, 0.25) is 5.15 Å². The highest BCUT2D eigenvalue weighted by molar-refractivity contribution is 6.34. The average Bonchev–Trinajstić information content (AvgIpc) is 2.55. The molecule has 5 nitrogen and oxygen atoms in total. The van der Waals surface area contributed by atoms with Crippen molar-refractivity contribution in [2.24, 2.45) is 0 Å². The smallest absolute Gasteiger partial charge is 0.264 e. The van der Waals surface area contributed by atoms with Crippen LogP contribution < -0.4 is 0 Å². The molecule has 1 aromatic heterocycles. The summed E-state index contributed by atoms with van der Waals surface area (Å²) >= 11 is 5.88. The lowest BCUT2D eigenvalue weighted by molar-refractivity contribution is -0.384. The van der Waals surface area contributed by atoms with Gasteiger partial charge in [-0.05, 0) is 13.0 Å². The number of non-ortho nitro benzene ring substituents is 1. The highest BCUT2D eigenvalue weighted by atomic mass is 35.5. The molecule has 0 saturated heterocycles. The Morgan fingerprint density at radius 3 is 2.93 bits per heavy atom. The molecule has 2 aromatic rings. The van der Waals surface area contributed by atoms with Crippen molar-refractivity contribution in [1.82, 2.24) is 9.78 Å². The maximum atomic E-state index is 10.6. The van der Waals surface area contributed by atoms with Gasteiger partial charge in [-0.2, -0.15) is 5.10 Å². The second kappa shape index (κ2) is 3.51. The first kappa shape index (κ1) is 9.92. The molecule has 0 N–H and O–H groups in total. The van der Waals surface area contributed by atoms with Crippen molar-refractivity contribution in [3.63, 3.8) is 0 Å². The maximum absolute atomic E-state index is 10.6. The number of aromatic nitrogens is 2. The third-order valence-electron chi connectivity index (χ3n) is 2.20. The molecule has 0 spiro atoms. The van der Waals surface area contributed by atoms with E-state index >= 15 is 0 Å². The van der Waals surface area contributed by atoms with Crippen LogP contribution in [0.5, 0.6) is 0 Å². The molecule has 1 heterocycles. The first-order valence-electron chi connectivity index (χ1n) is 4.44. The summed E-state index contributed by atoms with van der Waals surface area (Å²) in [5.74, 6) is 0. The molecule has 0 saturated carbocycles. The Hall–Kier alpha value is -1.62. The number of nitrogens with zero attached hydrogens (tertiary/aromatic N) is 3. The van der Waals surface area contributed by atoms with E-state index in [1.165, 1.54) is 12.1 Å². The predicted molar refractivity (Wildman–Crippen MR) is 57.1 cm³/mol. The zero-order valence-corrected chi connectivity index (χ0v) is 8.73. The van der Waals surface area contributed by atoms with E-state index in [2.05, 4.69) is 5.10 Å². The molecule has 6 heteroatoms. The Kier molecular flexibility index (Phi) is 2.32. The molecule has 15 heavy (non-hydrogen) atoms. The molecule has 0 atom stereocenters. The lowest BCUT2D eigenvalue weighted by Crippen LogP contribution is -1.95. The summed E-state index contributed by atoms with van der Waals surface area (Å²) in [4.78, 5) is 10.1. The number of hydrogen-bond donors (Lipinski definition) is 0. The van der Waals surface area contributed by atoms with E-state index < -0.39 is 4.92 Å². The zero-order chi connectivity index (χ0) is 11.0. The summed E-state index contributed by atoms with van der Waals surface area (Å²) in [6.45, 7) is 2.62. The fourth-order valence-corrected chi connectivity index (χ4v) is 1.73. The van der Waals surface area contributed by atoms with E-state index in [1.807, 2.05) is 6.92 Å². The summed E-state index contributed by atoms with van der Waals surface area (Å²) in [7, 11) is 0. The van der Waals surface area contributed by atoms with Crippen molar-refractivity contribution in [3.05, 3.63) is 33.5 Å². The molecule has 78 valence electrons. The van der Waals surface area contributed by atoms with Crippen molar-refractivity contribution in [1.29, 1.82) is 0 Å². The van der Waals surface area contributed by atoms with Crippen LogP contribution in [0.1, 0.15) is 6.92 Å². The van der Waals surface area contributed by atoms with Gasteiger partial charge in [-0.1, -0.05) is 11.6 Å². The fraction of sp³-hybridized carbons (Fsp3) is 0.222. The zero-order valence-electron chi connectivity index (χ0n) is 7.98. The van der Waals surface area contributed by atoms with Crippen LogP contribution in [0.4, 0.5) is 5.69 Å². The first-order valence-corrected chi connectivity index (χ1v) is 4.81. The quantitative estimate of drug-likeness (QED) is 0.583. The Morgan fingerprint density at radius 2 is 2.33 bits per heavy atom. The van der Waals surface area contributed by atoms with Gasteiger partial charge in [0, 0.05) is 24.1 Å². The van der Waals surface area contributed by atoms with Gasteiger partial charge in [-0.25, -0.2) is 0 Å². The molecule has 0 aliphatic rings. The van der Waals surface area contributed by atoms with E-state index in [4.69, 9.17) is 11.6 Å². The second-order valence-electron chi connectivity index (χ2n) is 3.07. The third kappa shape index (κ3) is 1.55. The minimum absolute atomic E-state index is 0.0278. The van der Waals surface area contributed by atoms with Crippen LogP contribution in [-0.4, -0.2) is 14.7 Å². The van der Waals surface area contributed by atoms with E-state index in [0.717, 1.165) is 5.52 Å². The highest BCUT2D eigenvalue weighted by Gasteiger charge is 2.12.